The van der Waals surface area contributed by atoms with Crippen LogP contribution in [0, 0.1) is 23.1 Å². The smallest absolute Gasteiger partial charge is 0.255 e. The first-order valence-electron chi connectivity index (χ1n) is 5.63. The first-order valence-corrected chi connectivity index (χ1v) is 5.63. The molecular formula is C11H14F3N3O. The molecule has 1 fully saturated rings. The average Bonchev–Trinajstić information content (AvgIpc) is 2.29. The van der Waals surface area contributed by atoms with Gasteiger partial charge in [-0.15, -0.1) is 0 Å². The molecule has 1 atom stereocenters. The first kappa shape index (κ1) is 13.2. The van der Waals surface area contributed by atoms with Gasteiger partial charge in [-0.25, -0.2) is 0 Å². The van der Waals surface area contributed by atoms with E-state index in [4.69, 9.17) is 10.5 Å². The van der Waals surface area contributed by atoms with Crippen LogP contribution in [0.3, 0.4) is 0 Å². The van der Waals surface area contributed by atoms with Gasteiger partial charge in [0.2, 0.25) is 5.82 Å². The lowest BCUT2D eigenvalue weighted by Gasteiger charge is -2.44. The number of rotatable bonds is 4. The van der Waals surface area contributed by atoms with Gasteiger partial charge in [0.15, 0.2) is 5.82 Å². The summed E-state index contributed by atoms with van der Waals surface area (Å²) in [5.74, 6) is -4.93. The second-order valence-corrected chi connectivity index (χ2v) is 4.60. The van der Waals surface area contributed by atoms with Gasteiger partial charge in [0, 0.05) is 12.5 Å². The minimum absolute atomic E-state index is 0.219. The van der Waals surface area contributed by atoms with Crippen LogP contribution in [0.2, 0.25) is 0 Å². The lowest BCUT2D eigenvalue weighted by molar-refractivity contribution is -0.00725. The molecule has 18 heavy (non-hydrogen) atoms. The van der Waals surface area contributed by atoms with Gasteiger partial charge in [-0.1, -0.05) is 6.42 Å². The number of nitrogens with zero attached hydrogens (tertiary/aromatic N) is 2. The second-order valence-electron chi connectivity index (χ2n) is 4.60. The Kier molecular flexibility index (Phi) is 3.54. The van der Waals surface area contributed by atoms with E-state index in [0.29, 0.717) is 6.61 Å². The predicted octanol–water partition coefficient (Wildman–Crippen LogP) is 1.71. The van der Waals surface area contributed by atoms with Crippen molar-refractivity contribution in [1.29, 1.82) is 0 Å². The first-order chi connectivity index (χ1) is 8.50. The highest BCUT2D eigenvalue weighted by molar-refractivity contribution is 5.08. The van der Waals surface area contributed by atoms with Crippen molar-refractivity contribution in [2.75, 3.05) is 13.7 Å². The largest absolute Gasteiger partial charge is 0.384 e. The van der Waals surface area contributed by atoms with Crippen LogP contribution in [0.1, 0.15) is 31.1 Å². The number of hydrogen-bond donors (Lipinski definition) is 1. The van der Waals surface area contributed by atoms with Gasteiger partial charge in [0.05, 0.1) is 12.6 Å². The summed E-state index contributed by atoms with van der Waals surface area (Å²) >= 11 is 0. The van der Waals surface area contributed by atoms with Crippen LogP contribution in [0.4, 0.5) is 13.2 Å². The zero-order valence-electron chi connectivity index (χ0n) is 9.92. The van der Waals surface area contributed by atoms with E-state index in [1.165, 1.54) is 7.11 Å². The summed E-state index contributed by atoms with van der Waals surface area (Å²) in [5.41, 5.74) is 5.54. The van der Waals surface area contributed by atoms with Crippen LogP contribution < -0.4 is 5.73 Å². The van der Waals surface area contributed by atoms with Crippen LogP contribution in [0.25, 0.3) is 0 Å². The summed E-state index contributed by atoms with van der Waals surface area (Å²) < 4.78 is 43.9. The fraction of sp³-hybridized carbons (Fsp3) is 0.636. The van der Waals surface area contributed by atoms with E-state index < -0.39 is 29.2 Å². The average molecular weight is 261 g/mol. The Hall–Kier alpha value is -1.21. The van der Waals surface area contributed by atoms with Gasteiger partial charge in [-0.2, -0.15) is 23.1 Å². The van der Waals surface area contributed by atoms with E-state index in [-0.39, 0.29) is 5.82 Å². The number of halogens is 3. The SMILES string of the molecule is COCC1(C(N)c2nc(F)c(F)c(F)n2)CCC1. The van der Waals surface area contributed by atoms with E-state index in [1.807, 2.05) is 0 Å². The molecule has 100 valence electrons. The molecule has 4 nitrogen and oxygen atoms in total. The van der Waals surface area contributed by atoms with Crippen molar-refractivity contribution in [3.63, 3.8) is 0 Å². The number of ether oxygens (including phenoxy) is 1. The molecule has 0 amide bonds. The molecule has 1 aliphatic rings. The van der Waals surface area contributed by atoms with Crippen LogP contribution in [-0.4, -0.2) is 23.7 Å². The molecule has 1 aliphatic carbocycles. The minimum Gasteiger partial charge on any atom is -0.384 e. The molecular weight excluding hydrogens is 247 g/mol. The van der Waals surface area contributed by atoms with E-state index in [0.717, 1.165) is 19.3 Å². The molecule has 1 unspecified atom stereocenters. The van der Waals surface area contributed by atoms with Crippen LogP contribution in [-0.2, 0) is 4.74 Å². The molecule has 0 spiro atoms. The third-order valence-corrected chi connectivity index (χ3v) is 3.51. The maximum atomic E-state index is 13.0. The van der Waals surface area contributed by atoms with Gasteiger partial charge in [0.25, 0.3) is 11.9 Å². The van der Waals surface area contributed by atoms with Crippen molar-refractivity contribution in [2.24, 2.45) is 11.1 Å². The van der Waals surface area contributed by atoms with Crippen molar-refractivity contribution in [1.82, 2.24) is 9.97 Å². The van der Waals surface area contributed by atoms with E-state index in [2.05, 4.69) is 9.97 Å². The molecule has 0 radical (unpaired) electrons. The third kappa shape index (κ3) is 2.08. The quantitative estimate of drug-likeness (QED) is 0.838. The fourth-order valence-corrected chi connectivity index (χ4v) is 2.29. The lowest BCUT2D eigenvalue weighted by Crippen LogP contribution is -2.44. The van der Waals surface area contributed by atoms with Crippen LogP contribution in [0.15, 0.2) is 0 Å². The van der Waals surface area contributed by atoms with Crippen LogP contribution >= 0.6 is 0 Å². The zero-order chi connectivity index (χ0) is 13.3. The lowest BCUT2D eigenvalue weighted by atomic mass is 9.64. The molecule has 0 aromatic carbocycles. The third-order valence-electron chi connectivity index (χ3n) is 3.51. The van der Waals surface area contributed by atoms with Gasteiger partial charge < -0.3 is 10.5 Å². The molecule has 1 heterocycles. The summed E-state index contributed by atoms with van der Waals surface area (Å²) in [7, 11) is 1.53. The highest BCUT2D eigenvalue weighted by Gasteiger charge is 2.45. The Balaban J connectivity index is 2.30. The zero-order valence-corrected chi connectivity index (χ0v) is 9.92. The maximum Gasteiger partial charge on any atom is 0.255 e. The molecule has 0 bridgehead atoms. The number of aromatic nitrogens is 2. The van der Waals surface area contributed by atoms with Gasteiger partial charge in [-0.05, 0) is 12.8 Å². The highest BCUT2D eigenvalue weighted by Crippen LogP contribution is 2.48. The Morgan fingerprint density at radius 1 is 1.28 bits per heavy atom. The standard InChI is InChI=1S/C11H14F3N3O/c1-18-5-11(3-2-4-11)7(15)10-16-8(13)6(12)9(14)17-10/h7H,2-5,15H2,1H3. The second kappa shape index (κ2) is 4.81. The molecule has 2 rings (SSSR count). The van der Waals surface area contributed by atoms with Gasteiger partial charge >= 0.3 is 0 Å². The van der Waals surface area contributed by atoms with Gasteiger partial charge in [-0.3, -0.25) is 0 Å². The molecule has 0 saturated heterocycles. The van der Waals surface area contributed by atoms with E-state index in [9.17, 15) is 13.2 Å². The maximum absolute atomic E-state index is 13.0. The van der Waals surface area contributed by atoms with Crippen molar-refractivity contribution < 1.29 is 17.9 Å². The Bertz CT molecular complexity index is 428. The topological polar surface area (TPSA) is 61.0 Å². The van der Waals surface area contributed by atoms with Crippen molar-refractivity contribution in [2.45, 2.75) is 25.3 Å². The number of hydrogen-bond acceptors (Lipinski definition) is 4. The Labute approximate surface area is 102 Å². The summed E-state index contributed by atoms with van der Waals surface area (Å²) in [6.45, 7) is 0.359. The fourth-order valence-electron chi connectivity index (χ4n) is 2.29. The van der Waals surface area contributed by atoms with Gasteiger partial charge in [0.1, 0.15) is 0 Å². The number of nitrogens with two attached hydrogens (primary N) is 1. The summed E-state index contributed by atoms with van der Waals surface area (Å²) in [6.07, 6.45) is 2.50. The van der Waals surface area contributed by atoms with Crippen molar-refractivity contribution >= 4 is 0 Å². The Morgan fingerprint density at radius 3 is 2.22 bits per heavy atom. The molecule has 0 aliphatic heterocycles. The summed E-state index contributed by atoms with van der Waals surface area (Å²) in [5, 5.41) is 0. The normalized spacial score (nSPS) is 19.4. The predicted molar refractivity (Wildman–Crippen MR) is 57.0 cm³/mol. The molecule has 1 aromatic heterocycles. The number of methoxy groups -OCH3 is 1. The van der Waals surface area contributed by atoms with E-state index in [1.54, 1.807) is 0 Å². The minimum atomic E-state index is -1.68. The van der Waals surface area contributed by atoms with Crippen molar-refractivity contribution in [3.8, 4) is 0 Å². The molecule has 1 saturated carbocycles. The highest BCUT2D eigenvalue weighted by atomic mass is 19.2. The van der Waals surface area contributed by atoms with Crippen LogP contribution in [0.5, 0.6) is 0 Å². The Morgan fingerprint density at radius 2 is 1.83 bits per heavy atom. The van der Waals surface area contributed by atoms with Crippen molar-refractivity contribution in [3.05, 3.63) is 23.5 Å². The molecule has 2 N–H and O–H groups in total. The summed E-state index contributed by atoms with van der Waals surface area (Å²) in [6, 6.07) is -0.768. The monoisotopic (exact) mass is 261 g/mol. The molecule has 7 heteroatoms. The van der Waals surface area contributed by atoms with E-state index >= 15 is 0 Å². The molecule has 1 aromatic rings. The summed E-state index contributed by atoms with van der Waals surface area (Å²) in [4.78, 5) is 6.58.